The molecule has 3 nitrogen and oxygen atoms in total. The van der Waals surface area contributed by atoms with Gasteiger partial charge in [0.05, 0.1) is 12.3 Å². The van der Waals surface area contributed by atoms with Crippen LogP contribution in [-0.4, -0.2) is 32.1 Å². The van der Waals surface area contributed by atoms with Gasteiger partial charge in [-0.1, -0.05) is 19.1 Å². The van der Waals surface area contributed by atoms with E-state index in [2.05, 4.69) is 44.4 Å². The van der Waals surface area contributed by atoms with E-state index >= 15 is 0 Å². The largest absolute Gasteiger partial charge is 0.309 e. The van der Waals surface area contributed by atoms with E-state index in [1.165, 1.54) is 23.3 Å². The third-order valence-electron chi connectivity index (χ3n) is 4.18. The van der Waals surface area contributed by atoms with E-state index in [1.54, 1.807) is 0 Å². The van der Waals surface area contributed by atoms with Crippen molar-refractivity contribution in [2.75, 3.05) is 27.2 Å². The molecule has 1 aliphatic carbocycles. The quantitative estimate of drug-likeness (QED) is 0.750. The van der Waals surface area contributed by atoms with Crippen molar-refractivity contribution in [3.8, 4) is 0 Å². The molecule has 0 heterocycles. The average molecular weight is 332 g/mol. The number of allylic oxidation sites excluding steroid dienone is 2. The summed E-state index contributed by atoms with van der Waals surface area (Å²) in [4.78, 5) is 7.92. The van der Waals surface area contributed by atoms with E-state index in [-0.39, 0.29) is 5.82 Å². The highest BCUT2D eigenvalue weighted by atomic mass is 19.1. The Kier molecular flexibility index (Phi) is 7.00. The van der Waals surface area contributed by atoms with Crippen molar-refractivity contribution in [3.63, 3.8) is 0 Å². The molecule has 0 bridgehead atoms. The van der Waals surface area contributed by atoms with Crippen LogP contribution in [0.3, 0.4) is 0 Å². The SMILES string of the molecule is CC1=C(NOC[C@H](C)CN(C)C)C(=Cc2ccc(F)cc2)CCC1. The summed E-state index contributed by atoms with van der Waals surface area (Å²) >= 11 is 0. The van der Waals surface area contributed by atoms with Crippen molar-refractivity contribution < 1.29 is 9.23 Å². The predicted octanol–water partition coefficient (Wildman–Crippen LogP) is 4.39. The van der Waals surface area contributed by atoms with Gasteiger partial charge in [-0.3, -0.25) is 10.3 Å². The number of nitrogens with one attached hydrogen (secondary N) is 1. The first-order valence-electron chi connectivity index (χ1n) is 8.64. The molecule has 24 heavy (non-hydrogen) atoms. The molecule has 1 aliphatic rings. The Morgan fingerprint density at radius 1 is 1.25 bits per heavy atom. The number of halogens is 1. The zero-order chi connectivity index (χ0) is 17.5. The summed E-state index contributed by atoms with van der Waals surface area (Å²) in [6.45, 7) is 5.99. The van der Waals surface area contributed by atoms with Crippen LogP contribution in [-0.2, 0) is 4.84 Å². The third-order valence-corrected chi connectivity index (χ3v) is 4.18. The minimum Gasteiger partial charge on any atom is -0.309 e. The minimum atomic E-state index is -0.205. The highest BCUT2D eigenvalue weighted by Crippen LogP contribution is 2.29. The normalized spacial score (nSPS) is 18.3. The van der Waals surface area contributed by atoms with Gasteiger partial charge >= 0.3 is 0 Å². The lowest BCUT2D eigenvalue weighted by atomic mass is 9.91. The maximum absolute atomic E-state index is 13.1. The summed E-state index contributed by atoms with van der Waals surface area (Å²) in [5.74, 6) is 0.255. The van der Waals surface area contributed by atoms with Crippen LogP contribution < -0.4 is 5.48 Å². The van der Waals surface area contributed by atoms with Crippen LogP contribution in [0.1, 0.15) is 38.7 Å². The van der Waals surface area contributed by atoms with Gasteiger partial charge in [-0.15, -0.1) is 0 Å². The van der Waals surface area contributed by atoms with Crippen molar-refractivity contribution >= 4 is 6.08 Å². The molecule has 0 saturated carbocycles. The summed E-state index contributed by atoms with van der Waals surface area (Å²) in [7, 11) is 4.14. The van der Waals surface area contributed by atoms with E-state index < -0.39 is 0 Å². The van der Waals surface area contributed by atoms with Gasteiger partial charge in [0.25, 0.3) is 0 Å². The van der Waals surface area contributed by atoms with Gasteiger partial charge in [0.1, 0.15) is 5.82 Å². The summed E-state index contributed by atoms with van der Waals surface area (Å²) in [5, 5.41) is 0. The van der Waals surface area contributed by atoms with Crippen LogP contribution >= 0.6 is 0 Å². The Morgan fingerprint density at radius 2 is 1.96 bits per heavy atom. The fourth-order valence-electron chi connectivity index (χ4n) is 3.06. The lowest BCUT2D eigenvalue weighted by molar-refractivity contribution is 0.0344. The lowest BCUT2D eigenvalue weighted by Crippen LogP contribution is -2.27. The van der Waals surface area contributed by atoms with E-state index in [0.717, 1.165) is 37.1 Å². The molecular formula is C20H29FN2O. The van der Waals surface area contributed by atoms with Gasteiger partial charge in [-0.25, -0.2) is 4.39 Å². The molecule has 1 aromatic rings. The van der Waals surface area contributed by atoms with E-state index in [4.69, 9.17) is 4.84 Å². The van der Waals surface area contributed by atoms with Gasteiger partial charge in [0.15, 0.2) is 0 Å². The molecule has 0 amide bonds. The summed E-state index contributed by atoms with van der Waals surface area (Å²) in [6, 6.07) is 6.62. The van der Waals surface area contributed by atoms with Crippen LogP contribution in [0.25, 0.3) is 6.08 Å². The molecule has 0 radical (unpaired) electrons. The second kappa shape index (κ2) is 9.00. The first-order chi connectivity index (χ1) is 11.5. The molecule has 2 rings (SSSR count). The van der Waals surface area contributed by atoms with Gasteiger partial charge in [0, 0.05) is 6.54 Å². The molecule has 0 saturated heterocycles. The highest BCUT2D eigenvalue weighted by Gasteiger charge is 2.15. The summed E-state index contributed by atoms with van der Waals surface area (Å²) in [5.41, 5.74) is 7.82. The lowest BCUT2D eigenvalue weighted by Gasteiger charge is -2.24. The van der Waals surface area contributed by atoms with Gasteiger partial charge in [0.2, 0.25) is 0 Å². The predicted molar refractivity (Wildman–Crippen MR) is 97.7 cm³/mol. The molecule has 0 aliphatic heterocycles. The Hall–Kier alpha value is -1.65. The van der Waals surface area contributed by atoms with Crippen LogP contribution in [0, 0.1) is 11.7 Å². The van der Waals surface area contributed by atoms with Gasteiger partial charge < -0.3 is 4.90 Å². The maximum atomic E-state index is 13.1. The van der Waals surface area contributed by atoms with Crippen molar-refractivity contribution in [3.05, 3.63) is 52.5 Å². The van der Waals surface area contributed by atoms with Crippen LogP contribution in [0.5, 0.6) is 0 Å². The fraction of sp³-hybridized carbons (Fsp3) is 0.500. The molecular weight excluding hydrogens is 303 g/mol. The highest BCUT2D eigenvalue weighted by molar-refractivity contribution is 5.59. The number of benzene rings is 1. The first kappa shape index (κ1) is 18.7. The number of hydrogen-bond acceptors (Lipinski definition) is 3. The molecule has 1 aromatic carbocycles. The summed E-state index contributed by atoms with van der Waals surface area (Å²) < 4.78 is 13.1. The summed E-state index contributed by atoms with van der Waals surface area (Å²) in [6.07, 6.45) is 5.35. The minimum absolute atomic E-state index is 0.205. The smallest absolute Gasteiger partial charge is 0.123 e. The van der Waals surface area contributed by atoms with E-state index in [9.17, 15) is 4.39 Å². The number of hydroxylamine groups is 1. The first-order valence-corrected chi connectivity index (χ1v) is 8.64. The van der Waals surface area contributed by atoms with E-state index in [0.29, 0.717) is 12.5 Å². The second-order valence-corrected chi connectivity index (χ2v) is 7.01. The van der Waals surface area contributed by atoms with Crippen molar-refractivity contribution in [2.24, 2.45) is 5.92 Å². The molecule has 0 spiro atoms. The van der Waals surface area contributed by atoms with Crippen LogP contribution in [0.4, 0.5) is 4.39 Å². The molecule has 0 fully saturated rings. The van der Waals surface area contributed by atoms with Crippen LogP contribution in [0.15, 0.2) is 41.1 Å². The molecule has 1 N–H and O–H groups in total. The number of nitrogens with zero attached hydrogens (tertiary/aromatic N) is 1. The molecule has 132 valence electrons. The fourth-order valence-corrected chi connectivity index (χ4v) is 3.06. The molecule has 0 aromatic heterocycles. The molecule has 4 heteroatoms. The van der Waals surface area contributed by atoms with E-state index in [1.807, 2.05) is 12.1 Å². The number of hydrogen-bond donors (Lipinski definition) is 1. The van der Waals surface area contributed by atoms with Gasteiger partial charge in [-0.2, -0.15) is 0 Å². The monoisotopic (exact) mass is 332 g/mol. The average Bonchev–Trinajstić information content (AvgIpc) is 2.51. The van der Waals surface area contributed by atoms with Gasteiger partial charge in [-0.05, 0) is 81.1 Å². The Bertz CT molecular complexity index is 590. The Morgan fingerprint density at radius 3 is 2.62 bits per heavy atom. The van der Waals surface area contributed by atoms with Crippen LogP contribution in [0.2, 0.25) is 0 Å². The van der Waals surface area contributed by atoms with Crippen molar-refractivity contribution in [1.82, 2.24) is 10.4 Å². The maximum Gasteiger partial charge on any atom is 0.123 e. The molecule has 1 atom stereocenters. The second-order valence-electron chi connectivity index (χ2n) is 7.01. The Labute approximate surface area is 145 Å². The zero-order valence-electron chi connectivity index (χ0n) is 15.2. The Balaban J connectivity index is 2.02. The topological polar surface area (TPSA) is 24.5 Å². The number of rotatable bonds is 7. The van der Waals surface area contributed by atoms with Crippen molar-refractivity contribution in [2.45, 2.75) is 33.1 Å². The zero-order valence-corrected chi connectivity index (χ0v) is 15.2. The molecule has 0 unspecified atom stereocenters. The standard InChI is InChI=1S/C20H29FN2O/c1-15(13-23(3)4)14-24-22-20-16(2)6-5-7-18(20)12-17-8-10-19(21)11-9-17/h8-12,15,22H,5-7,13-14H2,1-4H3/t15-/m1/s1. The third kappa shape index (κ3) is 5.77. The van der Waals surface area contributed by atoms with Crippen molar-refractivity contribution in [1.29, 1.82) is 0 Å².